The fraction of sp³-hybridized carbons (Fsp3) is 0.400. The summed E-state index contributed by atoms with van der Waals surface area (Å²) in [6.45, 7) is 3.04. The summed E-state index contributed by atoms with van der Waals surface area (Å²) in [5.74, 6) is 0.928. The molecular weight excluding hydrogens is 238 g/mol. The van der Waals surface area contributed by atoms with Crippen LogP contribution in [-0.2, 0) is 13.5 Å². The van der Waals surface area contributed by atoms with Crippen LogP contribution in [0.1, 0.15) is 24.1 Å². The second kappa shape index (κ2) is 6.38. The Morgan fingerprint density at radius 3 is 2.79 bits per heavy atom. The van der Waals surface area contributed by atoms with Crippen LogP contribution in [0, 0.1) is 0 Å². The third-order valence-corrected chi connectivity index (χ3v) is 3.16. The number of methoxy groups -OCH3 is 1. The van der Waals surface area contributed by atoms with Crippen molar-refractivity contribution >= 4 is 0 Å². The molecule has 0 aliphatic carbocycles. The highest BCUT2D eigenvalue weighted by molar-refractivity contribution is 5.36. The van der Waals surface area contributed by atoms with Gasteiger partial charge < -0.3 is 10.1 Å². The van der Waals surface area contributed by atoms with E-state index in [0.29, 0.717) is 0 Å². The lowest BCUT2D eigenvalue weighted by Gasteiger charge is -2.20. The summed E-state index contributed by atoms with van der Waals surface area (Å²) in [6, 6.07) is 8.40. The maximum absolute atomic E-state index is 5.45. The van der Waals surface area contributed by atoms with Crippen molar-refractivity contribution in [1.82, 2.24) is 15.1 Å². The molecule has 0 aliphatic rings. The summed E-state index contributed by atoms with van der Waals surface area (Å²) in [6.07, 6.45) is 4.88. The second-order valence-corrected chi connectivity index (χ2v) is 4.58. The topological polar surface area (TPSA) is 39.1 Å². The Morgan fingerprint density at radius 1 is 1.37 bits per heavy atom. The van der Waals surface area contributed by atoms with E-state index in [1.165, 1.54) is 11.1 Å². The Hall–Kier alpha value is -1.81. The predicted octanol–water partition coefficient (Wildman–Crippen LogP) is 2.32. The van der Waals surface area contributed by atoms with Gasteiger partial charge in [-0.25, -0.2) is 0 Å². The van der Waals surface area contributed by atoms with Crippen molar-refractivity contribution in [2.24, 2.45) is 7.05 Å². The third-order valence-electron chi connectivity index (χ3n) is 3.16. The maximum atomic E-state index is 5.45. The molecule has 1 N–H and O–H groups in total. The van der Waals surface area contributed by atoms with Gasteiger partial charge in [-0.2, -0.15) is 5.10 Å². The quantitative estimate of drug-likeness (QED) is 0.865. The number of aryl methyl sites for hydroxylation is 1. The lowest BCUT2D eigenvalue weighted by molar-refractivity contribution is 0.399. The maximum Gasteiger partial charge on any atom is 0.123 e. The number of likely N-dealkylation sites (N-methyl/N-ethyl adjacent to an activating group) is 1. The van der Waals surface area contributed by atoms with E-state index in [0.717, 1.165) is 18.7 Å². The number of rotatable bonds is 6. The van der Waals surface area contributed by atoms with E-state index in [2.05, 4.69) is 29.6 Å². The standard InChI is InChI=1S/C15H21N3O/c1-4-16-14(9-12-10-17-18(2)11-12)13-7-5-6-8-15(13)19-3/h5-8,10-11,14,16H,4,9H2,1-3H3. The molecule has 1 aromatic heterocycles. The van der Waals surface area contributed by atoms with Crippen molar-refractivity contribution < 1.29 is 4.74 Å². The zero-order chi connectivity index (χ0) is 13.7. The van der Waals surface area contributed by atoms with E-state index in [9.17, 15) is 0 Å². The number of hydrogen-bond donors (Lipinski definition) is 1. The number of hydrogen-bond acceptors (Lipinski definition) is 3. The van der Waals surface area contributed by atoms with Crippen molar-refractivity contribution in [2.75, 3.05) is 13.7 Å². The van der Waals surface area contributed by atoms with Gasteiger partial charge in [-0.1, -0.05) is 25.1 Å². The molecule has 19 heavy (non-hydrogen) atoms. The zero-order valence-electron chi connectivity index (χ0n) is 11.8. The van der Waals surface area contributed by atoms with E-state index >= 15 is 0 Å². The van der Waals surface area contributed by atoms with Gasteiger partial charge in [-0.15, -0.1) is 0 Å². The molecule has 0 fully saturated rings. The molecule has 0 amide bonds. The molecule has 4 heteroatoms. The first kappa shape index (κ1) is 13.6. The zero-order valence-corrected chi connectivity index (χ0v) is 11.8. The minimum Gasteiger partial charge on any atom is -0.496 e. The Bertz CT molecular complexity index is 522. The van der Waals surface area contributed by atoms with Crippen LogP contribution in [0.2, 0.25) is 0 Å². The van der Waals surface area contributed by atoms with Crippen LogP contribution in [-0.4, -0.2) is 23.4 Å². The van der Waals surface area contributed by atoms with Gasteiger partial charge in [0.2, 0.25) is 0 Å². The molecule has 0 radical (unpaired) electrons. The summed E-state index contributed by atoms with van der Waals surface area (Å²) in [5, 5.41) is 7.74. The average molecular weight is 259 g/mol. The largest absolute Gasteiger partial charge is 0.496 e. The highest BCUT2D eigenvalue weighted by Gasteiger charge is 2.16. The molecule has 4 nitrogen and oxygen atoms in total. The second-order valence-electron chi connectivity index (χ2n) is 4.58. The molecular formula is C15H21N3O. The molecule has 0 saturated carbocycles. The Labute approximate surface area is 114 Å². The smallest absolute Gasteiger partial charge is 0.123 e. The van der Waals surface area contributed by atoms with Crippen molar-refractivity contribution in [3.05, 3.63) is 47.8 Å². The fourth-order valence-corrected chi connectivity index (χ4v) is 2.31. The van der Waals surface area contributed by atoms with Crippen LogP contribution in [0.15, 0.2) is 36.7 Å². The number of nitrogens with one attached hydrogen (secondary N) is 1. The van der Waals surface area contributed by atoms with Crippen LogP contribution in [0.25, 0.3) is 0 Å². The molecule has 2 rings (SSSR count). The lowest BCUT2D eigenvalue weighted by atomic mass is 9.99. The van der Waals surface area contributed by atoms with Crippen LogP contribution in [0.4, 0.5) is 0 Å². The van der Waals surface area contributed by atoms with Crippen LogP contribution < -0.4 is 10.1 Å². The number of nitrogens with zero attached hydrogens (tertiary/aromatic N) is 2. The summed E-state index contributed by atoms with van der Waals surface area (Å²) < 4.78 is 7.29. The van der Waals surface area contributed by atoms with Crippen LogP contribution in [0.5, 0.6) is 5.75 Å². The van der Waals surface area contributed by atoms with Gasteiger partial charge in [0.15, 0.2) is 0 Å². The first-order valence-electron chi connectivity index (χ1n) is 6.58. The summed E-state index contributed by atoms with van der Waals surface area (Å²) in [5.41, 5.74) is 2.41. The lowest BCUT2D eigenvalue weighted by Crippen LogP contribution is -2.23. The summed E-state index contributed by atoms with van der Waals surface area (Å²) in [4.78, 5) is 0. The Morgan fingerprint density at radius 2 is 2.16 bits per heavy atom. The molecule has 1 atom stereocenters. The molecule has 102 valence electrons. The molecule has 0 bridgehead atoms. The van der Waals surface area contributed by atoms with Gasteiger partial charge in [-0.3, -0.25) is 4.68 Å². The SMILES string of the molecule is CCNC(Cc1cnn(C)c1)c1ccccc1OC. The normalized spacial score (nSPS) is 12.4. The van der Waals surface area contributed by atoms with Crippen LogP contribution in [0.3, 0.4) is 0 Å². The summed E-state index contributed by atoms with van der Waals surface area (Å²) >= 11 is 0. The van der Waals surface area contributed by atoms with Gasteiger partial charge in [0, 0.05) is 24.8 Å². The number of benzene rings is 1. The van der Waals surface area contributed by atoms with Crippen molar-refractivity contribution in [3.63, 3.8) is 0 Å². The number of aromatic nitrogens is 2. The van der Waals surface area contributed by atoms with Gasteiger partial charge in [0.05, 0.1) is 13.3 Å². The van der Waals surface area contributed by atoms with Crippen molar-refractivity contribution in [3.8, 4) is 5.75 Å². The average Bonchev–Trinajstić information content (AvgIpc) is 2.84. The predicted molar refractivity (Wildman–Crippen MR) is 76.3 cm³/mol. The van der Waals surface area contributed by atoms with Gasteiger partial charge in [0.1, 0.15) is 5.75 Å². The monoisotopic (exact) mass is 259 g/mol. The van der Waals surface area contributed by atoms with E-state index in [4.69, 9.17) is 4.74 Å². The third kappa shape index (κ3) is 3.35. The highest BCUT2D eigenvalue weighted by Crippen LogP contribution is 2.27. The molecule has 0 saturated heterocycles. The van der Waals surface area contributed by atoms with E-state index in [1.54, 1.807) is 7.11 Å². The molecule has 1 unspecified atom stereocenters. The molecule has 1 heterocycles. The Balaban J connectivity index is 2.23. The highest BCUT2D eigenvalue weighted by atomic mass is 16.5. The fourth-order valence-electron chi connectivity index (χ4n) is 2.31. The van der Waals surface area contributed by atoms with Crippen molar-refractivity contribution in [2.45, 2.75) is 19.4 Å². The van der Waals surface area contributed by atoms with E-state index in [-0.39, 0.29) is 6.04 Å². The minimum absolute atomic E-state index is 0.241. The first-order chi connectivity index (χ1) is 9.24. The number of ether oxygens (including phenoxy) is 1. The van der Waals surface area contributed by atoms with Gasteiger partial charge in [0.25, 0.3) is 0 Å². The summed E-state index contributed by atoms with van der Waals surface area (Å²) in [7, 11) is 3.65. The van der Waals surface area contributed by atoms with Crippen LogP contribution >= 0.6 is 0 Å². The van der Waals surface area contributed by atoms with Crippen molar-refractivity contribution in [1.29, 1.82) is 0 Å². The molecule has 0 aliphatic heterocycles. The van der Waals surface area contributed by atoms with Gasteiger partial charge >= 0.3 is 0 Å². The number of para-hydroxylation sites is 1. The van der Waals surface area contributed by atoms with E-state index in [1.807, 2.05) is 36.1 Å². The van der Waals surface area contributed by atoms with E-state index < -0.39 is 0 Å². The Kier molecular flexibility index (Phi) is 4.58. The molecule has 2 aromatic rings. The molecule has 0 spiro atoms. The first-order valence-corrected chi connectivity index (χ1v) is 6.58. The minimum atomic E-state index is 0.241. The van der Waals surface area contributed by atoms with Gasteiger partial charge in [-0.05, 0) is 24.6 Å². The molecule has 1 aromatic carbocycles.